The van der Waals surface area contributed by atoms with Gasteiger partial charge in [0.05, 0.1) is 24.6 Å². The summed E-state index contributed by atoms with van der Waals surface area (Å²) in [5.74, 6) is 0.0474. The van der Waals surface area contributed by atoms with E-state index >= 15 is 0 Å². The summed E-state index contributed by atoms with van der Waals surface area (Å²) in [6.07, 6.45) is 0.684. The van der Waals surface area contributed by atoms with Gasteiger partial charge in [0.2, 0.25) is 11.8 Å². The van der Waals surface area contributed by atoms with Crippen LogP contribution in [0.5, 0.6) is 5.75 Å². The Morgan fingerprint density at radius 1 is 0.943 bits per heavy atom. The Balaban J connectivity index is 1.37. The van der Waals surface area contributed by atoms with Gasteiger partial charge in [0, 0.05) is 12.8 Å². The van der Waals surface area contributed by atoms with Gasteiger partial charge in [-0.1, -0.05) is 72.4 Å². The first-order valence-corrected chi connectivity index (χ1v) is 12.2. The van der Waals surface area contributed by atoms with E-state index in [1.807, 2.05) is 60.7 Å². The number of ether oxygens (including phenoxy) is 1. The SMILES string of the molecule is COc1ccc(N2C(=O)C[C@H](SC(=N)N3N=C(c4ccccc4)C[C@@H]3c3ccccc3)C2=O)cc1. The van der Waals surface area contributed by atoms with Crippen LogP contribution in [-0.2, 0) is 9.59 Å². The zero-order valence-corrected chi connectivity index (χ0v) is 19.9. The van der Waals surface area contributed by atoms with E-state index in [9.17, 15) is 9.59 Å². The van der Waals surface area contributed by atoms with Crippen LogP contribution in [0, 0.1) is 5.41 Å². The lowest BCUT2D eigenvalue weighted by molar-refractivity contribution is -0.121. The number of hydrogen-bond donors (Lipinski definition) is 1. The Morgan fingerprint density at radius 3 is 2.26 bits per heavy atom. The van der Waals surface area contributed by atoms with E-state index in [2.05, 4.69) is 0 Å². The van der Waals surface area contributed by atoms with Crippen molar-refractivity contribution in [2.24, 2.45) is 5.10 Å². The number of benzene rings is 3. The molecule has 3 aromatic rings. The number of amides is 2. The van der Waals surface area contributed by atoms with Crippen LogP contribution >= 0.6 is 11.8 Å². The molecule has 0 saturated carbocycles. The summed E-state index contributed by atoms with van der Waals surface area (Å²) in [6, 6.07) is 26.5. The lowest BCUT2D eigenvalue weighted by Gasteiger charge is -2.24. The molecule has 0 aromatic heterocycles. The van der Waals surface area contributed by atoms with Crippen molar-refractivity contribution in [2.75, 3.05) is 12.0 Å². The Bertz CT molecular complexity index is 1280. The van der Waals surface area contributed by atoms with E-state index in [1.54, 1.807) is 36.4 Å². The van der Waals surface area contributed by atoms with Crippen LogP contribution in [0.3, 0.4) is 0 Å². The number of nitrogens with zero attached hydrogens (tertiary/aromatic N) is 3. The zero-order chi connectivity index (χ0) is 24.4. The van der Waals surface area contributed by atoms with Gasteiger partial charge in [-0.15, -0.1) is 0 Å². The number of carbonyl (C=O) groups is 2. The van der Waals surface area contributed by atoms with Crippen molar-refractivity contribution in [2.45, 2.75) is 24.1 Å². The number of amidine groups is 1. The van der Waals surface area contributed by atoms with Gasteiger partial charge < -0.3 is 4.74 Å². The molecule has 2 aliphatic rings. The van der Waals surface area contributed by atoms with Gasteiger partial charge in [0.15, 0.2) is 5.17 Å². The van der Waals surface area contributed by atoms with Crippen molar-refractivity contribution in [3.8, 4) is 5.75 Å². The Hall–Kier alpha value is -3.91. The number of hydrogen-bond acceptors (Lipinski definition) is 6. The Morgan fingerprint density at radius 2 is 1.60 bits per heavy atom. The second-order valence-electron chi connectivity index (χ2n) is 8.27. The summed E-state index contributed by atoms with van der Waals surface area (Å²) in [7, 11) is 1.56. The third-order valence-corrected chi connectivity index (χ3v) is 7.16. The van der Waals surface area contributed by atoms with Gasteiger partial charge in [0.1, 0.15) is 11.0 Å². The van der Waals surface area contributed by atoms with E-state index in [0.29, 0.717) is 17.9 Å². The minimum Gasteiger partial charge on any atom is -0.497 e. The molecule has 2 amide bonds. The summed E-state index contributed by atoms with van der Waals surface area (Å²) in [6.45, 7) is 0. The number of nitrogens with one attached hydrogen (secondary N) is 1. The molecule has 2 aliphatic heterocycles. The Kier molecular flexibility index (Phi) is 6.37. The smallest absolute Gasteiger partial charge is 0.247 e. The highest BCUT2D eigenvalue weighted by Gasteiger charge is 2.42. The molecular weight excluding hydrogens is 460 g/mol. The lowest BCUT2D eigenvalue weighted by atomic mass is 9.99. The molecule has 5 rings (SSSR count). The first-order valence-electron chi connectivity index (χ1n) is 11.3. The fourth-order valence-electron chi connectivity index (χ4n) is 4.32. The van der Waals surface area contributed by atoms with Gasteiger partial charge in [-0.3, -0.25) is 15.0 Å². The molecular formula is C27H24N4O3S. The monoisotopic (exact) mass is 484 g/mol. The second kappa shape index (κ2) is 9.76. The van der Waals surface area contributed by atoms with Crippen LogP contribution < -0.4 is 9.64 Å². The number of anilines is 1. The lowest BCUT2D eigenvalue weighted by Crippen LogP contribution is -2.32. The van der Waals surface area contributed by atoms with Gasteiger partial charge in [-0.2, -0.15) is 5.10 Å². The molecule has 1 saturated heterocycles. The van der Waals surface area contributed by atoms with Gasteiger partial charge in [-0.05, 0) is 35.4 Å². The summed E-state index contributed by atoms with van der Waals surface area (Å²) in [5.41, 5.74) is 3.44. The summed E-state index contributed by atoms with van der Waals surface area (Å²) >= 11 is 1.08. The highest BCUT2D eigenvalue weighted by molar-refractivity contribution is 8.14. The maximum absolute atomic E-state index is 13.2. The van der Waals surface area contributed by atoms with E-state index in [4.69, 9.17) is 15.2 Å². The number of hydrazone groups is 1. The first kappa shape index (κ1) is 22.9. The van der Waals surface area contributed by atoms with Crippen LogP contribution in [0.2, 0.25) is 0 Å². The quantitative estimate of drug-likeness (QED) is 0.318. The molecule has 3 aromatic carbocycles. The van der Waals surface area contributed by atoms with Crippen LogP contribution in [0.4, 0.5) is 5.69 Å². The molecule has 0 radical (unpaired) electrons. The average Bonchev–Trinajstić information content (AvgIpc) is 3.46. The summed E-state index contributed by atoms with van der Waals surface area (Å²) in [5, 5.41) is 14.8. The number of thioether (sulfide) groups is 1. The first-order chi connectivity index (χ1) is 17.0. The minimum absolute atomic E-state index is 0.0387. The topological polar surface area (TPSA) is 86.1 Å². The molecule has 1 N–H and O–H groups in total. The maximum atomic E-state index is 13.2. The van der Waals surface area contributed by atoms with Gasteiger partial charge in [0.25, 0.3) is 0 Å². The van der Waals surface area contributed by atoms with Crippen molar-refractivity contribution in [3.05, 3.63) is 96.1 Å². The van der Waals surface area contributed by atoms with Gasteiger partial charge in [-0.25, -0.2) is 9.91 Å². The molecule has 8 heteroatoms. The largest absolute Gasteiger partial charge is 0.497 e. The minimum atomic E-state index is -0.676. The summed E-state index contributed by atoms with van der Waals surface area (Å²) in [4.78, 5) is 27.1. The third kappa shape index (κ3) is 4.57. The summed E-state index contributed by atoms with van der Waals surface area (Å²) < 4.78 is 5.16. The third-order valence-electron chi connectivity index (χ3n) is 6.10. The predicted molar refractivity (Wildman–Crippen MR) is 138 cm³/mol. The number of imide groups is 1. The second-order valence-corrected chi connectivity index (χ2v) is 9.46. The average molecular weight is 485 g/mol. The molecule has 0 unspecified atom stereocenters. The van der Waals surface area contributed by atoms with Crippen molar-refractivity contribution in [1.29, 1.82) is 5.41 Å². The normalized spacial score (nSPS) is 19.7. The maximum Gasteiger partial charge on any atom is 0.247 e. The van der Waals surface area contributed by atoms with Crippen molar-refractivity contribution < 1.29 is 14.3 Å². The number of carbonyl (C=O) groups excluding carboxylic acids is 2. The highest BCUT2D eigenvalue weighted by Crippen LogP contribution is 2.37. The van der Waals surface area contributed by atoms with Crippen molar-refractivity contribution in [1.82, 2.24) is 5.01 Å². The molecule has 7 nitrogen and oxygen atoms in total. The molecule has 0 bridgehead atoms. The fraction of sp³-hybridized carbons (Fsp3) is 0.185. The fourth-order valence-corrected chi connectivity index (χ4v) is 5.30. The molecule has 0 aliphatic carbocycles. The van der Waals surface area contributed by atoms with E-state index < -0.39 is 5.25 Å². The number of methoxy groups -OCH3 is 1. The molecule has 35 heavy (non-hydrogen) atoms. The highest BCUT2D eigenvalue weighted by atomic mass is 32.2. The van der Waals surface area contributed by atoms with E-state index in [0.717, 1.165) is 28.6 Å². The van der Waals surface area contributed by atoms with Crippen molar-refractivity contribution in [3.63, 3.8) is 0 Å². The van der Waals surface area contributed by atoms with Gasteiger partial charge >= 0.3 is 0 Å². The van der Waals surface area contributed by atoms with E-state index in [-0.39, 0.29) is 29.4 Å². The van der Waals surface area contributed by atoms with Crippen molar-refractivity contribution >= 4 is 40.1 Å². The zero-order valence-electron chi connectivity index (χ0n) is 19.1. The van der Waals surface area contributed by atoms with Crippen LogP contribution in [-0.4, -0.2) is 40.1 Å². The standard InChI is InChI=1S/C27H24N4O3S/c1-34-21-14-12-20(13-15-21)30-25(32)17-24(26(30)33)35-27(28)31-23(19-10-6-3-7-11-19)16-22(29-31)18-8-4-2-5-9-18/h2-15,23-24,28H,16-17H2,1H3/t23-,24+/m1/s1. The molecule has 176 valence electrons. The van der Waals surface area contributed by atoms with Crippen LogP contribution in [0.15, 0.2) is 90.0 Å². The van der Waals surface area contributed by atoms with Crippen LogP contribution in [0.1, 0.15) is 30.0 Å². The number of rotatable bonds is 5. The molecule has 2 heterocycles. The van der Waals surface area contributed by atoms with Crippen LogP contribution in [0.25, 0.3) is 0 Å². The molecule has 1 fully saturated rings. The Labute approximate surface area is 207 Å². The van der Waals surface area contributed by atoms with E-state index in [1.165, 1.54) is 4.90 Å². The molecule has 2 atom stereocenters. The predicted octanol–water partition coefficient (Wildman–Crippen LogP) is 4.85. The molecule has 0 spiro atoms.